The number of nitrogens with one attached hydrogen (secondary N) is 1. The number of hydrogen-bond acceptors (Lipinski definition) is 3. The minimum atomic E-state index is 0.0204. The van der Waals surface area contributed by atoms with Crippen LogP contribution in [0.4, 0.5) is 0 Å². The Hall–Kier alpha value is -2.60. The highest BCUT2D eigenvalue weighted by molar-refractivity contribution is 7.08. The molecule has 2 heterocycles. The molecule has 0 unspecified atom stereocenters. The van der Waals surface area contributed by atoms with Crippen molar-refractivity contribution >= 4 is 34.1 Å². The van der Waals surface area contributed by atoms with Crippen LogP contribution in [0.25, 0.3) is 10.9 Å². The maximum atomic E-state index is 12.4. The van der Waals surface area contributed by atoms with E-state index in [-0.39, 0.29) is 23.9 Å². The number of rotatable bonds is 6. The first-order chi connectivity index (χ1) is 13.1. The Balaban J connectivity index is 1.25. The van der Waals surface area contributed by atoms with Crippen molar-refractivity contribution in [3.8, 4) is 0 Å². The second-order valence-electron chi connectivity index (χ2n) is 7.21. The number of carbonyl (C=O) groups excluding carboxylic acids is 2. The summed E-state index contributed by atoms with van der Waals surface area (Å²) in [6.07, 6.45) is 4.05. The number of amides is 2. The molecule has 0 atom stereocenters. The van der Waals surface area contributed by atoms with E-state index < -0.39 is 0 Å². The third-order valence-electron chi connectivity index (χ3n) is 5.35. The molecule has 0 saturated heterocycles. The molecule has 4 rings (SSSR count). The Labute approximate surface area is 162 Å². The Morgan fingerprint density at radius 3 is 2.81 bits per heavy atom. The van der Waals surface area contributed by atoms with Gasteiger partial charge in [0, 0.05) is 30.8 Å². The summed E-state index contributed by atoms with van der Waals surface area (Å²) in [5.74, 6) is 0.161. The SMILES string of the molecule is CN(C(=O)Cc1ccsc1)C1CC(NC(=O)Cn2ccc3ccccc32)C1. The van der Waals surface area contributed by atoms with Gasteiger partial charge in [-0.05, 0) is 52.8 Å². The molecule has 1 aliphatic carbocycles. The largest absolute Gasteiger partial charge is 0.352 e. The smallest absolute Gasteiger partial charge is 0.240 e. The van der Waals surface area contributed by atoms with E-state index in [0.717, 1.165) is 29.3 Å². The molecule has 2 aromatic heterocycles. The van der Waals surface area contributed by atoms with E-state index in [2.05, 4.69) is 5.32 Å². The Kier molecular flexibility index (Phi) is 4.99. The molecule has 1 N–H and O–H groups in total. The van der Waals surface area contributed by atoms with E-state index >= 15 is 0 Å². The Morgan fingerprint density at radius 1 is 1.22 bits per heavy atom. The third-order valence-corrected chi connectivity index (χ3v) is 6.08. The molecular weight excluding hydrogens is 358 g/mol. The highest BCUT2D eigenvalue weighted by Crippen LogP contribution is 2.25. The van der Waals surface area contributed by atoms with E-state index in [4.69, 9.17) is 0 Å². The monoisotopic (exact) mass is 381 g/mol. The summed E-state index contributed by atoms with van der Waals surface area (Å²) >= 11 is 1.61. The zero-order chi connectivity index (χ0) is 18.8. The van der Waals surface area contributed by atoms with Crippen LogP contribution < -0.4 is 5.32 Å². The normalized spacial score (nSPS) is 18.9. The molecule has 1 aromatic carbocycles. The molecule has 3 aromatic rings. The molecular formula is C21H23N3O2S. The first-order valence-electron chi connectivity index (χ1n) is 9.20. The van der Waals surface area contributed by atoms with Crippen molar-refractivity contribution in [2.75, 3.05) is 7.05 Å². The molecule has 140 valence electrons. The molecule has 0 aliphatic heterocycles. The fraction of sp³-hybridized carbons (Fsp3) is 0.333. The van der Waals surface area contributed by atoms with Gasteiger partial charge in [-0.3, -0.25) is 9.59 Å². The van der Waals surface area contributed by atoms with Gasteiger partial charge in [-0.15, -0.1) is 0 Å². The fourth-order valence-corrected chi connectivity index (χ4v) is 4.29. The van der Waals surface area contributed by atoms with Crippen molar-refractivity contribution in [2.24, 2.45) is 0 Å². The zero-order valence-corrected chi connectivity index (χ0v) is 16.1. The Morgan fingerprint density at radius 2 is 2.04 bits per heavy atom. The van der Waals surface area contributed by atoms with E-state index in [0.29, 0.717) is 13.0 Å². The summed E-state index contributed by atoms with van der Waals surface area (Å²) in [7, 11) is 1.86. The summed E-state index contributed by atoms with van der Waals surface area (Å²) in [5.41, 5.74) is 2.14. The lowest BCUT2D eigenvalue weighted by atomic mass is 9.85. The van der Waals surface area contributed by atoms with E-state index in [9.17, 15) is 9.59 Å². The summed E-state index contributed by atoms with van der Waals surface area (Å²) in [6, 6.07) is 12.4. The van der Waals surface area contributed by atoms with Gasteiger partial charge in [0.1, 0.15) is 6.54 Å². The number of para-hydroxylation sites is 1. The number of benzene rings is 1. The molecule has 5 nitrogen and oxygen atoms in total. The molecule has 1 fully saturated rings. The van der Waals surface area contributed by atoms with Crippen molar-refractivity contribution in [1.82, 2.24) is 14.8 Å². The van der Waals surface area contributed by atoms with E-state index in [1.165, 1.54) is 0 Å². The van der Waals surface area contributed by atoms with Crippen molar-refractivity contribution in [3.63, 3.8) is 0 Å². The van der Waals surface area contributed by atoms with Crippen LogP contribution in [0.15, 0.2) is 53.4 Å². The molecule has 0 radical (unpaired) electrons. The molecule has 0 bridgehead atoms. The average Bonchev–Trinajstić information content (AvgIpc) is 3.27. The number of thiophene rings is 1. The molecule has 6 heteroatoms. The fourth-order valence-electron chi connectivity index (χ4n) is 3.62. The van der Waals surface area contributed by atoms with Gasteiger partial charge in [-0.1, -0.05) is 18.2 Å². The van der Waals surface area contributed by atoms with Gasteiger partial charge >= 0.3 is 0 Å². The lowest BCUT2D eigenvalue weighted by Crippen LogP contribution is -2.54. The highest BCUT2D eigenvalue weighted by Gasteiger charge is 2.34. The minimum absolute atomic E-state index is 0.0204. The minimum Gasteiger partial charge on any atom is -0.352 e. The maximum Gasteiger partial charge on any atom is 0.240 e. The van der Waals surface area contributed by atoms with Gasteiger partial charge in [-0.25, -0.2) is 0 Å². The lowest BCUT2D eigenvalue weighted by molar-refractivity contribution is -0.133. The molecule has 27 heavy (non-hydrogen) atoms. The van der Waals surface area contributed by atoms with Gasteiger partial charge in [0.15, 0.2) is 0 Å². The van der Waals surface area contributed by atoms with Gasteiger partial charge in [0.25, 0.3) is 0 Å². The number of hydrogen-bond donors (Lipinski definition) is 1. The van der Waals surface area contributed by atoms with Crippen molar-refractivity contribution < 1.29 is 9.59 Å². The van der Waals surface area contributed by atoms with Crippen LogP contribution in [-0.2, 0) is 22.6 Å². The van der Waals surface area contributed by atoms with Crippen LogP contribution in [0.1, 0.15) is 18.4 Å². The van der Waals surface area contributed by atoms with Crippen LogP contribution >= 0.6 is 11.3 Å². The molecule has 0 spiro atoms. The first-order valence-corrected chi connectivity index (χ1v) is 10.1. The maximum absolute atomic E-state index is 12.4. The third kappa shape index (κ3) is 3.90. The molecule has 1 aliphatic rings. The summed E-state index contributed by atoms with van der Waals surface area (Å²) in [4.78, 5) is 26.6. The number of likely N-dealkylation sites (N-methyl/N-ethyl adjacent to an activating group) is 1. The van der Waals surface area contributed by atoms with Crippen molar-refractivity contribution in [3.05, 3.63) is 58.9 Å². The number of carbonyl (C=O) groups is 2. The second-order valence-corrected chi connectivity index (χ2v) is 7.99. The predicted octanol–water partition coefficient (Wildman–Crippen LogP) is 3.05. The van der Waals surface area contributed by atoms with Crippen LogP contribution in [0.5, 0.6) is 0 Å². The van der Waals surface area contributed by atoms with Crippen molar-refractivity contribution in [2.45, 2.75) is 37.9 Å². The van der Waals surface area contributed by atoms with Crippen LogP contribution in [0.3, 0.4) is 0 Å². The van der Waals surface area contributed by atoms with Gasteiger partial charge in [-0.2, -0.15) is 11.3 Å². The van der Waals surface area contributed by atoms with Gasteiger partial charge in [0.2, 0.25) is 11.8 Å². The number of aromatic nitrogens is 1. The predicted molar refractivity (Wildman–Crippen MR) is 108 cm³/mol. The number of fused-ring (bicyclic) bond motifs is 1. The molecule has 1 saturated carbocycles. The van der Waals surface area contributed by atoms with Crippen LogP contribution in [0, 0.1) is 0 Å². The van der Waals surface area contributed by atoms with Crippen molar-refractivity contribution in [1.29, 1.82) is 0 Å². The topological polar surface area (TPSA) is 54.3 Å². The lowest BCUT2D eigenvalue weighted by Gasteiger charge is -2.41. The summed E-state index contributed by atoms with van der Waals surface area (Å²) in [6.45, 7) is 0.321. The second kappa shape index (κ2) is 7.56. The Bertz CT molecular complexity index is 941. The average molecular weight is 382 g/mol. The van der Waals surface area contributed by atoms with Gasteiger partial charge < -0.3 is 14.8 Å². The van der Waals surface area contributed by atoms with E-state index in [1.807, 2.05) is 69.9 Å². The van der Waals surface area contributed by atoms with Gasteiger partial charge in [0.05, 0.1) is 6.42 Å². The summed E-state index contributed by atoms with van der Waals surface area (Å²) < 4.78 is 1.97. The van der Waals surface area contributed by atoms with E-state index in [1.54, 1.807) is 11.3 Å². The highest BCUT2D eigenvalue weighted by atomic mass is 32.1. The molecule has 2 amide bonds. The summed E-state index contributed by atoms with van der Waals surface area (Å²) in [5, 5.41) is 8.24. The first kappa shape index (κ1) is 17.8. The quantitative estimate of drug-likeness (QED) is 0.714. The standard InChI is InChI=1S/C21H23N3O2S/c1-23(21(26)10-15-7-9-27-14-15)18-11-17(12-18)22-20(25)13-24-8-6-16-4-2-3-5-19(16)24/h2-9,14,17-18H,10-13H2,1H3,(H,22,25). The zero-order valence-electron chi connectivity index (χ0n) is 15.3. The van der Waals surface area contributed by atoms with Crippen LogP contribution in [-0.4, -0.2) is 40.4 Å². The van der Waals surface area contributed by atoms with Crippen LogP contribution in [0.2, 0.25) is 0 Å². The number of nitrogens with zero attached hydrogens (tertiary/aromatic N) is 2.